The lowest BCUT2D eigenvalue weighted by Crippen LogP contribution is -2.23. The highest BCUT2D eigenvalue weighted by molar-refractivity contribution is 5.41. The van der Waals surface area contributed by atoms with Gasteiger partial charge in [-0.25, -0.2) is 0 Å². The predicted octanol–water partition coefficient (Wildman–Crippen LogP) is 4.90. The Morgan fingerprint density at radius 3 is 1.57 bits per heavy atom. The molecule has 2 nitrogen and oxygen atoms in total. The minimum atomic E-state index is -0.187. The summed E-state index contributed by atoms with van der Waals surface area (Å²) in [5.41, 5.74) is 2.08. The van der Waals surface area contributed by atoms with Crippen molar-refractivity contribution in [2.45, 2.75) is 45.6 Å². The molecule has 0 unspecified atom stereocenters. The van der Waals surface area contributed by atoms with Crippen LogP contribution in [0.1, 0.15) is 45.7 Å². The van der Waals surface area contributed by atoms with Gasteiger partial charge in [0, 0.05) is 5.41 Å². The Balaban J connectivity index is 2.26. The summed E-state index contributed by atoms with van der Waals surface area (Å²) in [7, 11) is 0. The van der Waals surface area contributed by atoms with E-state index in [1.807, 2.05) is 45.0 Å². The Labute approximate surface area is 127 Å². The summed E-state index contributed by atoms with van der Waals surface area (Å²) >= 11 is 0. The van der Waals surface area contributed by atoms with Crippen LogP contribution < -0.4 is 4.74 Å². The molecule has 0 radical (unpaired) electrons. The maximum absolute atomic E-state index is 9.42. The Morgan fingerprint density at radius 2 is 1.14 bits per heavy atom. The molecule has 0 amide bonds. The highest BCUT2D eigenvalue weighted by atomic mass is 16.5. The summed E-state index contributed by atoms with van der Waals surface area (Å²) in [4.78, 5) is 0. The molecule has 0 fully saturated rings. The number of ether oxygens (including phenoxy) is 1. The normalized spacial score (nSPS) is 12.2. The smallest absolute Gasteiger partial charge is 0.120 e. The van der Waals surface area contributed by atoms with E-state index in [-0.39, 0.29) is 11.0 Å². The van der Waals surface area contributed by atoms with Gasteiger partial charge >= 0.3 is 0 Å². The molecule has 21 heavy (non-hydrogen) atoms. The first-order valence-electron chi connectivity index (χ1n) is 7.27. The average molecular weight is 284 g/mol. The lowest BCUT2D eigenvalue weighted by molar-refractivity contribution is 0.131. The zero-order valence-electron chi connectivity index (χ0n) is 13.5. The molecule has 0 aliphatic rings. The molecule has 0 saturated heterocycles. The SMILES string of the molecule is CC(C)(C)Oc1ccc(C(C)(C)c2ccc(O)cc2)cc1. The Morgan fingerprint density at radius 1 is 0.714 bits per heavy atom. The minimum absolute atomic E-state index is 0.117. The molecule has 0 aliphatic heterocycles. The van der Waals surface area contributed by atoms with E-state index in [2.05, 4.69) is 26.0 Å². The molecular weight excluding hydrogens is 260 g/mol. The molecule has 0 spiro atoms. The summed E-state index contributed by atoms with van der Waals surface area (Å²) in [6.07, 6.45) is 0. The summed E-state index contributed by atoms with van der Waals surface area (Å²) in [5, 5.41) is 9.42. The third-order valence-corrected chi connectivity index (χ3v) is 3.59. The number of phenolic OH excluding ortho intramolecular Hbond substituents is 1. The predicted molar refractivity (Wildman–Crippen MR) is 87.1 cm³/mol. The van der Waals surface area contributed by atoms with E-state index in [9.17, 15) is 5.11 Å². The monoisotopic (exact) mass is 284 g/mol. The number of hydrogen-bond acceptors (Lipinski definition) is 2. The number of rotatable bonds is 3. The molecule has 0 aliphatic carbocycles. The summed E-state index contributed by atoms with van der Waals surface area (Å²) in [5.74, 6) is 1.18. The molecule has 112 valence electrons. The van der Waals surface area contributed by atoms with Crippen molar-refractivity contribution in [3.8, 4) is 11.5 Å². The molecule has 2 heteroatoms. The quantitative estimate of drug-likeness (QED) is 0.869. The maximum Gasteiger partial charge on any atom is 0.120 e. The third kappa shape index (κ3) is 3.78. The van der Waals surface area contributed by atoms with Crippen LogP contribution in [0, 0.1) is 0 Å². The van der Waals surface area contributed by atoms with Crippen molar-refractivity contribution in [3.05, 3.63) is 59.7 Å². The van der Waals surface area contributed by atoms with Gasteiger partial charge in [0.25, 0.3) is 0 Å². The van der Waals surface area contributed by atoms with Gasteiger partial charge in [-0.3, -0.25) is 0 Å². The van der Waals surface area contributed by atoms with Gasteiger partial charge in [-0.15, -0.1) is 0 Å². The van der Waals surface area contributed by atoms with Crippen LogP contribution in [0.4, 0.5) is 0 Å². The Kier molecular flexibility index (Phi) is 3.99. The zero-order chi connectivity index (χ0) is 15.7. The summed E-state index contributed by atoms with van der Waals surface area (Å²) in [6.45, 7) is 10.5. The fraction of sp³-hybridized carbons (Fsp3) is 0.368. The Hall–Kier alpha value is -1.96. The average Bonchev–Trinajstić information content (AvgIpc) is 2.38. The van der Waals surface area contributed by atoms with Gasteiger partial charge in [0.1, 0.15) is 17.1 Å². The standard InChI is InChI=1S/C19H24O2/c1-18(2,3)21-17-12-8-15(9-13-17)19(4,5)14-6-10-16(20)11-7-14/h6-13,20H,1-5H3. The second-order valence-corrected chi connectivity index (χ2v) is 6.91. The van der Waals surface area contributed by atoms with Crippen LogP contribution in [0.25, 0.3) is 0 Å². The van der Waals surface area contributed by atoms with Gasteiger partial charge in [-0.1, -0.05) is 38.1 Å². The molecular formula is C19H24O2. The van der Waals surface area contributed by atoms with Crippen molar-refractivity contribution in [2.24, 2.45) is 0 Å². The van der Waals surface area contributed by atoms with Gasteiger partial charge in [0.05, 0.1) is 0 Å². The lowest BCUT2D eigenvalue weighted by atomic mass is 9.78. The van der Waals surface area contributed by atoms with Crippen molar-refractivity contribution >= 4 is 0 Å². The van der Waals surface area contributed by atoms with E-state index in [1.165, 1.54) is 11.1 Å². The van der Waals surface area contributed by atoms with Crippen LogP contribution >= 0.6 is 0 Å². The molecule has 0 heterocycles. The van der Waals surface area contributed by atoms with Gasteiger partial charge < -0.3 is 9.84 Å². The lowest BCUT2D eigenvalue weighted by Gasteiger charge is -2.27. The molecule has 2 rings (SSSR count). The third-order valence-electron chi connectivity index (χ3n) is 3.59. The molecule has 0 saturated carbocycles. The second-order valence-electron chi connectivity index (χ2n) is 6.91. The van der Waals surface area contributed by atoms with Crippen molar-refractivity contribution in [2.75, 3.05) is 0 Å². The minimum Gasteiger partial charge on any atom is -0.508 e. The van der Waals surface area contributed by atoms with E-state index in [1.54, 1.807) is 12.1 Å². The van der Waals surface area contributed by atoms with E-state index >= 15 is 0 Å². The van der Waals surface area contributed by atoms with Crippen LogP contribution in [0.5, 0.6) is 11.5 Å². The van der Waals surface area contributed by atoms with Crippen molar-refractivity contribution in [3.63, 3.8) is 0 Å². The van der Waals surface area contributed by atoms with Crippen molar-refractivity contribution < 1.29 is 9.84 Å². The van der Waals surface area contributed by atoms with Crippen LogP contribution in [0.3, 0.4) is 0 Å². The molecule has 0 bridgehead atoms. The van der Waals surface area contributed by atoms with Crippen LogP contribution in [-0.4, -0.2) is 10.7 Å². The topological polar surface area (TPSA) is 29.5 Å². The van der Waals surface area contributed by atoms with Gasteiger partial charge in [0.15, 0.2) is 0 Å². The fourth-order valence-electron chi connectivity index (χ4n) is 2.34. The molecule has 0 atom stereocenters. The fourth-order valence-corrected chi connectivity index (χ4v) is 2.34. The van der Waals surface area contributed by atoms with Crippen molar-refractivity contribution in [1.29, 1.82) is 0 Å². The molecule has 1 N–H and O–H groups in total. The highest BCUT2D eigenvalue weighted by Crippen LogP contribution is 2.33. The van der Waals surface area contributed by atoms with E-state index < -0.39 is 0 Å². The molecule has 0 aromatic heterocycles. The molecule has 2 aromatic rings. The highest BCUT2D eigenvalue weighted by Gasteiger charge is 2.23. The Bertz CT molecular complexity index is 587. The number of hydrogen-bond donors (Lipinski definition) is 1. The van der Waals surface area contributed by atoms with E-state index in [0.717, 1.165) is 5.75 Å². The van der Waals surface area contributed by atoms with Crippen molar-refractivity contribution in [1.82, 2.24) is 0 Å². The summed E-state index contributed by atoms with van der Waals surface area (Å²) < 4.78 is 5.86. The van der Waals surface area contributed by atoms with E-state index in [4.69, 9.17) is 4.74 Å². The maximum atomic E-state index is 9.42. The first-order valence-corrected chi connectivity index (χ1v) is 7.27. The van der Waals surface area contributed by atoms with Gasteiger partial charge in [-0.2, -0.15) is 0 Å². The first-order chi connectivity index (χ1) is 9.68. The van der Waals surface area contributed by atoms with Crippen LogP contribution in [-0.2, 0) is 5.41 Å². The summed E-state index contributed by atoms with van der Waals surface area (Å²) in [6, 6.07) is 15.6. The van der Waals surface area contributed by atoms with Crippen LogP contribution in [0.15, 0.2) is 48.5 Å². The first kappa shape index (κ1) is 15.4. The number of aromatic hydroxyl groups is 1. The number of phenols is 1. The van der Waals surface area contributed by atoms with Crippen LogP contribution in [0.2, 0.25) is 0 Å². The molecule has 2 aromatic carbocycles. The van der Waals surface area contributed by atoms with Gasteiger partial charge in [0.2, 0.25) is 0 Å². The zero-order valence-corrected chi connectivity index (χ0v) is 13.5. The van der Waals surface area contributed by atoms with Gasteiger partial charge in [-0.05, 0) is 56.2 Å². The second kappa shape index (κ2) is 5.44. The largest absolute Gasteiger partial charge is 0.508 e. The van der Waals surface area contributed by atoms with E-state index in [0.29, 0.717) is 5.75 Å². The number of benzene rings is 2.